The number of nitrogen functional groups attached to an aromatic ring is 1. The predicted molar refractivity (Wildman–Crippen MR) is 82.8 cm³/mol. The quantitative estimate of drug-likeness (QED) is 0.617. The third-order valence-corrected chi connectivity index (χ3v) is 5.28. The maximum Gasteiger partial charge on any atom is 0.239 e. The van der Waals surface area contributed by atoms with Crippen LogP contribution >= 0.6 is 0 Å². The van der Waals surface area contributed by atoms with Crippen LogP contribution in [-0.4, -0.2) is 43.0 Å². The Balaban J connectivity index is 2.06. The van der Waals surface area contributed by atoms with Gasteiger partial charge in [0.15, 0.2) is 9.84 Å². The fraction of sp³-hybridized carbons (Fsp3) is 0.385. The molecular formula is C13H17N5O2S. The van der Waals surface area contributed by atoms with Crippen molar-refractivity contribution in [1.29, 1.82) is 0 Å². The van der Waals surface area contributed by atoms with Crippen molar-refractivity contribution in [2.75, 3.05) is 34.9 Å². The SMILES string of the molecule is NNc1nc(N2CCCS(=O)(=O)CC2)c2ccccc2n1. The highest BCUT2D eigenvalue weighted by molar-refractivity contribution is 7.91. The van der Waals surface area contributed by atoms with Gasteiger partial charge in [-0.1, -0.05) is 12.1 Å². The highest BCUT2D eigenvalue weighted by atomic mass is 32.2. The largest absolute Gasteiger partial charge is 0.355 e. The van der Waals surface area contributed by atoms with Crippen LogP contribution in [0.15, 0.2) is 24.3 Å². The molecule has 1 aliphatic rings. The van der Waals surface area contributed by atoms with Gasteiger partial charge in [-0.05, 0) is 18.6 Å². The molecule has 2 aromatic rings. The minimum atomic E-state index is -2.95. The van der Waals surface area contributed by atoms with Crippen molar-refractivity contribution >= 4 is 32.5 Å². The number of hydrazine groups is 1. The van der Waals surface area contributed by atoms with Crippen molar-refractivity contribution in [2.45, 2.75) is 6.42 Å². The Morgan fingerprint density at radius 2 is 1.95 bits per heavy atom. The Hall–Kier alpha value is -1.93. The van der Waals surface area contributed by atoms with Gasteiger partial charge in [-0.2, -0.15) is 4.98 Å². The Kier molecular flexibility index (Phi) is 3.64. The van der Waals surface area contributed by atoms with Crippen LogP contribution in [0.5, 0.6) is 0 Å². The second-order valence-electron chi connectivity index (χ2n) is 5.02. The molecular weight excluding hydrogens is 290 g/mol. The van der Waals surface area contributed by atoms with Gasteiger partial charge in [0.05, 0.1) is 17.0 Å². The summed E-state index contributed by atoms with van der Waals surface area (Å²) >= 11 is 0. The van der Waals surface area contributed by atoms with E-state index in [-0.39, 0.29) is 11.5 Å². The van der Waals surface area contributed by atoms with Crippen LogP contribution in [0, 0.1) is 0 Å². The lowest BCUT2D eigenvalue weighted by molar-refractivity contribution is 0.597. The number of hydrogen-bond acceptors (Lipinski definition) is 7. The Morgan fingerprint density at radius 3 is 2.76 bits per heavy atom. The predicted octanol–water partition coefficient (Wildman–Crippen LogP) is 0.540. The first-order chi connectivity index (χ1) is 10.1. The number of nitrogens with two attached hydrogens (primary N) is 1. The van der Waals surface area contributed by atoms with E-state index in [0.717, 1.165) is 16.7 Å². The lowest BCUT2D eigenvalue weighted by Crippen LogP contribution is -2.28. The fourth-order valence-corrected chi connectivity index (χ4v) is 3.79. The molecule has 112 valence electrons. The summed E-state index contributed by atoms with van der Waals surface area (Å²) in [6.07, 6.45) is 0.603. The van der Waals surface area contributed by atoms with Crippen LogP contribution in [0.4, 0.5) is 11.8 Å². The second kappa shape index (κ2) is 5.45. The number of sulfone groups is 1. The first-order valence-electron chi connectivity index (χ1n) is 6.78. The van der Waals surface area contributed by atoms with Crippen LogP contribution in [0.1, 0.15) is 6.42 Å². The van der Waals surface area contributed by atoms with Crippen molar-refractivity contribution in [3.05, 3.63) is 24.3 Å². The van der Waals surface area contributed by atoms with Crippen molar-refractivity contribution in [3.63, 3.8) is 0 Å². The molecule has 0 radical (unpaired) electrons. The molecule has 1 aliphatic heterocycles. The molecule has 0 atom stereocenters. The standard InChI is InChI=1S/C13H17N5O2S/c14-17-13-15-11-5-2-1-4-10(11)12(16-13)18-6-3-8-21(19,20)9-7-18/h1-2,4-5H,3,6-9,14H2,(H,15,16,17). The maximum atomic E-state index is 11.7. The number of anilines is 2. The third-order valence-electron chi connectivity index (χ3n) is 3.57. The van der Waals surface area contributed by atoms with Crippen molar-refractivity contribution < 1.29 is 8.42 Å². The number of benzene rings is 1. The summed E-state index contributed by atoms with van der Waals surface area (Å²) in [4.78, 5) is 10.7. The van der Waals surface area contributed by atoms with Crippen LogP contribution in [0.3, 0.4) is 0 Å². The topological polar surface area (TPSA) is 101 Å². The molecule has 21 heavy (non-hydrogen) atoms. The van der Waals surface area contributed by atoms with E-state index in [2.05, 4.69) is 15.4 Å². The number of nitrogens with zero attached hydrogens (tertiary/aromatic N) is 3. The van der Waals surface area contributed by atoms with Crippen molar-refractivity contribution in [2.24, 2.45) is 5.84 Å². The molecule has 1 saturated heterocycles. The van der Waals surface area contributed by atoms with Gasteiger partial charge in [-0.15, -0.1) is 0 Å². The zero-order valence-corrected chi connectivity index (χ0v) is 12.3. The number of hydrogen-bond donors (Lipinski definition) is 2. The van der Waals surface area contributed by atoms with Crippen LogP contribution < -0.4 is 16.2 Å². The Morgan fingerprint density at radius 1 is 1.14 bits per heavy atom. The molecule has 0 aliphatic carbocycles. The van der Waals surface area contributed by atoms with Gasteiger partial charge in [0.2, 0.25) is 5.95 Å². The van der Waals surface area contributed by atoms with E-state index in [9.17, 15) is 8.42 Å². The highest BCUT2D eigenvalue weighted by Crippen LogP contribution is 2.26. The van der Waals surface area contributed by atoms with E-state index in [1.165, 1.54) is 0 Å². The molecule has 1 aromatic heterocycles. The summed E-state index contributed by atoms with van der Waals surface area (Å²) in [5.74, 6) is 6.86. The highest BCUT2D eigenvalue weighted by Gasteiger charge is 2.22. The van der Waals surface area contributed by atoms with Crippen molar-refractivity contribution in [3.8, 4) is 0 Å². The van der Waals surface area contributed by atoms with Gasteiger partial charge < -0.3 is 4.90 Å². The minimum absolute atomic E-state index is 0.150. The monoisotopic (exact) mass is 307 g/mol. The van der Waals surface area contributed by atoms with Crippen LogP contribution in [0.2, 0.25) is 0 Å². The average molecular weight is 307 g/mol. The molecule has 2 heterocycles. The summed E-state index contributed by atoms with van der Waals surface area (Å²) in [6, 6.07) is 7.63. The van der Waals surface area contributed by atoms with Gasteiger partial charge in [-0.3, -0.25) is 5.43 Å². The average Bonchev–Trinajstić information content (AvgIpc) is 2.67. The summed E-state index contributed by atoms with van der Waals surface area (Å²) in [7, 11) is -2.95. The van der Waals surface area contributed by atoms with Crippen LogP contribution in [0.25, 0.3) is 10.9 Å². The smallest absolute Gasteiger partial charge is 0.239 e. The minimum Gasteiger partial charge on any atom is -0.355 e. The van der Waals surface area contributed by atoms with E-state index < -0.39 is 9.84 Å². The summed E-state index contributed by atoms with van der Waals surface area (Å²) in [5.41, 5.74) is 3.24. The molecule has 3 rings (SSSR count). The van der Waals surface area contributed by atoms with Gasteiger partial charge >= 0.3 is 0 Å². The normalized spacial score (nSPS) is 18.4. The fourth-order valence-electron chi connectivity index (χ4n) is 2.52. The lowest BCUT2D eigenvalue weighted by atomic mass is 10.2. The molecule has 0 saturated carbocycles. The van der Waals surface area contributed by atoms with Crippen molar-refractivity contribution in [1.82, 2.24) is 9.97 Å². The first kappa shape index (κ1) is 14.0. The maximum absolute atomic E-state index is 11.7. The summed E-state index contributed by atoms with van der Waals surface area (Å²) < 4.78 is 23.5. The summed E-state index contributed by atoms with van der Waals surface area (Å²) in [5, 5.41) is 0.899. The Labute approximate surface area is 123 Å². The van der Waals surface area contributed by atoms with E-state index in [1.807, 2.05) is 29.2 Å². The zero-order valence-electron chi connectivity index (χ0n) is 11.5. The van der Waals surface area contributed by atoms with E-state index in [0.29, 0.717) is 25.5 Å². The molecule has 1 aromatic carbocycles. The lowest BCUT2D eigenvalue weighted by Gasteiger charge is -2.22. The molecule has 0 amide bonds. The molecule has 0 unspecified atom stereocenters. The molecule has 0 bridgehead atoms. The number of rotatable bonds is 2. The van der Waals surface area contributed by atoms with Gasteiger partial charge in [0.25, 0.3) is 0 Å². The van der Waals surface area contributed by atoms with Gasteiger partial charge in [0, 0.05) is 18.5 Å². The molecule has 7 nitrogen and oxygen atoms in total. The number of aromatic nitrogens is 2. The first-order valence-corrected chi connectivity index (χ1v) is 8.60. The van der Waals surface area contributed by atoms with Crippen LogP contribution in [-0.2, 0) is 9.84 Å². The third kappa shape index (κ3) is 2.91. The van der Waals surface area contributed by atoms with Gasteiger partial charge in [0.1, 0.15) is 5.82 Å². The molecule has 1 fully saturated rings. The second-order valence-corrected chi connectivity index (χ2v) is 7.33. The number of para-hydroxylation sites is 1. The molecule has 8 heteroatoms. The summed E-state index contributed by atoms with van der Waals surface area (Å²) in [6.45, 7) is 1.09. The molecule has 0 spiro atoms. The van der Waals surface area contributed by atoms with E-state index in [1.54, 1.807) is 0 Å². The number of fused-ring (bicyclic) bond motifs is 1. The molecule has 3 N–H and O–H groups in total. The number of nitrogens with one attached hydrogen (secondary N) is 1. The Bertz CT molecular complexity index is 762. The zero-order chi connectivity index (χ0) is 14.9. The van der Waals surface area contributed by atoms with E-state index >= 15 is 0 Å². The van der Waals surface area contributed by atoms with Gasteiger partial charge in [-0.25, -0.2) is 19.2 Å². The van der Waals surface area contributed by atoms with E-state index in [4.69, 9.17) is 5.84 Å².